The van der Waals surface area contributed by atoms with Crippen LogP contribution in [0.1, 0.15) is 18.9 Å². The summed E-state index contributed by atoms with van der Waals surface area (Å²) in [5, 5.41) is 3.50. The minimum atomic E-state index is -0.260. The van der Waals surface area contributed by atoms with Crippen LogP contribution in [0.15, 0.2) is 77.8 Å². The van der Waals surface area contributed by atoms with Crippen LogP contribution in [0.5, 0.6) is 0 Å². The van der Waals surface area contributed by atoms with Crippen LogP contribution < -0.4 is 5.32 Å². The first-order valence-electron chi connectivity index (χ1n) is 9.50. The summed E-state index contributed by atoms with van der Waals surface area (Å²) in [6.45, 7) is 4.03. The zero-order chi connectivity index (χ0) is 18.6. The summed E-state index contributed by atoms with van der Waals surface area (Å²) in [6, 6.07) is 19.0. The number of benzene rings is 2. The molecular formula is C23H24N2O2. The van der Waals surface area contributed by atoms with Crippen molar-refractivity contribution in [2.45, 2.75) is 19.8 Å². The smallest absolute Gasteiger partial charge is 0.332 e. The third-order valence-electron chi connectivity index (χ3n) is 5.05. The molecule has 2 aliphatic heterocycles. The topological polar surface area (TPSA) is 41.6 Å². The van der Waals surface area contributed by atoms with Crippen molar-refractivity contribution in [1.29, 1.82) is 0 Å². The van der Waals surface area contributed by atoms with Gasteiger partial charge in [-0.1, -0.05) is 54.6 Å². The SMILES string of the molecule is CCOC(=O)/C=C1\CC(Cc2ccccc2-c2ccccc2)=C2NCCN21. The van der Waals surface area contributed by atoms with E-state index in [2.05, 4.69) is 58.7 Å². The summed E-state index contributed by atoms with van der Waals surface area (Å²) in [6.07, 6.45) is 3.29. The van der Waals surface area contributed by atoms with E-state index in [1.807, 2.05) is 13.0 Å². The lowest BCUT2D eigenvalue weighted by Crippen LogP contribution is -2.16. The van der Waals surface area contributed by atoms with Gasteiger partial charge in [-0.25, -0.2) is 4.79 Å². The third kappa shape index (κ3) is 3.61. The number of nitrogens with one attached hydrogen (secondary N) is 1. The van der Waals surface area contributed by atoms with Crippen LogP contribution >= 0.6 is 0 Å². The van der Waals surface area contributed by atoms with E-state index in [9.17, 15) is 4.79 Å². The number of carbonyl (C=O) groups is 1. The van der Waals surface area contributed by atoms with Crippen LogP contribution in [0.25, 0.3) is 11.1 Å². The number of hydrogen-bond donors (Lipinski definition) is 1. The molecule has 1 N–H and O–H groups in total. The highest BCUT2D eigenvalue weighted by Gasteiger charge is 2.31. The fourth-order valence-electron chi connectivity index (χ4n) is 3.89. The summed E-state index contributed by atoms with van der Waals surface area (Å²) < 4.78 is 5.10. The van der Waals surface area contributed by atoms with Crippen LogP contribution in [0, 0.1) is 0 Å². The van der Waals surface area contributed by atoms with Gasteiger partial charge in [0.2, 0.25) is 0 Å². The molecule has 0 aliphatic carbocycles. The maximum Gasteiger partial charge on any atom is 0.332 e. The van der Waals surface area contributed by atoms with Crippen molar-refractivity contribution in [3.8, 4) is 11.1 Å². The van der Waals surface area contributed by atoms with E-state index >= 15 is 0 Å². The van der Waals surface area contributed by atoms with Crippen molar-refractivity contribution < 1.29 is 9.53 Å². The van der Waals surface area contributed by atoms with Crippen molar-refractivity contribution >= 4 is 5.97 Å². The number of rotatable bonds is 5. The van der Waals surface area contributed by atoms with Crippen LogP contribution in [0.3, 0.4) is 0 Å². The molecule has 0 bridgehead atoms. The van der Waals surface area contributed by atoms with Crippen molar-refractivity contribution in [3.63, 3.8) is 0 Å². The third-order valence-corrected chi connectivity index (χ3v) is 5.05. The number of fused-ring (bicyclic) bond motifs is 1. The second-order valence-corrected chi connectivity index (χ2v) is 6.80. The molecule has 0 spiro atoms. The number of hydrogen-bond acceptors (Lipinski definition) is 4. The molecule has 2 aliphatic rings. The van der Waals surface area contributed by atoms with Gasteiger partial charge in [-0.3, -0.25) is 0 Å². The molecule has 0 atom stereocenters. The van der Waals surface area contributed by atoms with Gasteiger partial charge in [-0.05, 0) is 35.6 Å². The molecular weight excluding hydrogens is 336 g/mol. The maximum atomic E-state index is 11.9. The van der Waals surface area contributed by atoms with E-state index in [1.165, 1.54) is 22.3 Å². The Morgan fingerprint density at radius 2 is 1.93 bits per heavy atom. The summed E-state index contributed by atoms with van der Waals surface area (Å²) in [4.78, 5) is 14.1. The van der Waals surface area contributed by atoms with Crippen LogP contribution in [0.4, 0.5) is 0 Å². The molecule has 0 amide bonds. The summed E-state index contributed by atoms with van der Waals surface area (Å²) in [5.41, 5.74) is 6.15. The van der Waals surface area contributed by atoms with E-state index in [4.69, 9.17) is 4.74 Å². The molecule has 27 heavy (non-hydrogen) atoms. The molecule has 1 saturated heterocycles. The Bertz CT molecular complexity index is 900. The quantitative estimate of drug-likeness (QED) is 0.649. The van der Waals surface area contributed by atoms with E-state index in [0.717, 1.165) is 37.4 Å². The second kappa shape index (κ2) is 7.70. The minimum absolute atomic E-state index is 0.260. The van der Waals surface area contributed by atoms with Gasteiger partial charge in [0.1, 0.15) is 5.82 Å². The fourth-order valence-corrected chi connectivity index (χ4v) is 3.89. The highest BCUT2D eigenvalue weighted by molar-refractivity contribution is 5.83. The number of esters is 1. The van der Waals surface area contributed by atoms with Gasteiger partial charge in [0.05, 0.1) is 6.61 Å². The molecule has 4 rings (SSSR count). The van der Waals surface area contributed by atoms with Crippen LogP contribution in [0.2, 0.25) is 0 Å². The predicted molar refractivity (Wildman–Crippen MR) is 107 cm³/mol. The first-order chi connectivity index (χ1) is 13.3. The highest BCUT2D eigenvalue weighted by Crippen LogP contribution is 2.36. The van der Waals surface area contributed by atoms with Crippen molar-refractivity contribution in [1.82, 2.24) is 10.2 Å². The lowest BCUT2D eigenvalue weighted by atomic mass is 9.94. The molecule has 0 unspecified atom stereocenters. The number of carbonyl (C=O) groups excluding carboxylic acids is 1. The Morgan fingerprint density at radius 3 is 2.74 bits per heavy atom. The lowest BCUT2D eigenvalue weighted by molar-refractivity contribution is -0.137. The van der Waals surface area contributed by atoms with Crippen molar-refractivity contribution in [2.75, 3.05) is 19.7 Å². The average Bonchev–Trinajstić information content (AvgIpc) is 3.28. The Balaban J connectivity index is 1.62. The second-order valence-electron chi connectivity index (χ2n) is 6.80. The van der Waals surface area contributed by atoms with Gasteiger partial charge in [-0.2, -0.15) is 0 Å². The molecule has 0 saturated carbocycles. The first kappa shape index (κ1) is 17.4. The number of nitrogens with zero attached hydrogens (tertiary/aromatic N) is 1. The standard InChI is InChI=1S/C23H24N2O2/c1-2-27-22(26)16-20-15-19(23-24-12-13-25(20)23)14-18-10-6-7-11-21(18)17-8-4-3-5-9-17/h3-11,16,24H,2,12-15H2,1H3/b20-16+. The van der Waals surface area contributed by atoms with E-state index in [-0.39, 0.29) is 5.97 Å². The Morgan fingerprint density at radius 1 is 1.15 bits per heavy atom. The molecule has 4 heteroatoms. The van der Waals surface area contributed by atoms with Crippen LogP contribution in [-0.2, 0) is 16.0 Å². The van der Waals surface area contributed by atoms with Gasteiger partial charge < -0.3 is 15.0 Å². The van der Waals surface area contributed by atoms with Gasteiger partial charge in [0.25, 0.3) is 0 Å². The van der Waals surface area contributed by atoms with E-state index < -0.39 is 0 Å². The van der Waals surface area contributed by atoms with Crippen molar-refractivity contribution in [2.24, 2.45) is 0 Å². The zero-order valence-electron chi connectivity index (χ0n) is 15.6. The molecule has 138 valence electrons. The summed E-state index contributed by atoms with van der Waals surface area (Å²) >= 11 is 0. The lowest BCUT2D eigenvalue weighted by Gasteiger charge is -2.14. The molecule has 4 nitrogen and oxygen atoms in total. The molecule has 1 fully saturated rings. The molecule has 2 aromatic carbocycles. The number of allylic oxidation sites excluding steroid dienone is 1. The average molecular weight is 360 g/mol. The fraction of sp³-hybridized carbons (Fsp3) is 0.261. The predicted octanol–water partition coefficient (Wildman–Crippen LogP) is 3.86. The monoisotopic (exact) mass is 360 g/mol. The van der Waals surface area contributed by atoms with Gasteiger partial charge in [0, 0.05) is 31.3 Å². The van der Waals surface area contributed by atoms with Gasteiger partial charge in [0.15, 0.2) is 0 Å². The summed E-state index contributed by atoms with van der Waals surface area (Å²) in [7, 11) is 0. The summed E-state index contributed by atoms with van der Waals surface area (Å²) in [5.74, 6) is 0.901. The highest BCUT2D eigenvalue weighted by atomic mass is 16.5. The number of ether oxygens (including phenoxy) is 1. The first-order valence-corrected chi connectivity index (χ1v) is 9.50. The molecule has 0 aromatic heterocycles. The normalized spacial score (nSPS) is 17.2. The van der Waals surface area contributed by atoms with Crippen LogP contribution in [-0.4, -0.2) is 30.6 Å². The molecule has 2 heterocycles. The van der Waals surface area contributed by atoms with Gasteiger partial charge >= 0.3 is 5.97 Å². The van der Waals surface area contributed by atoms with E-state index in [0.29, 0.717) is 6.61 Å². The molecule has 2 aromatic rings. The maximum absolute atomic E-state index is 11.9. The zero-order valence-corrected chi connectivity index (χ0v) is 15.6. The Labute approximate surface area is 160 Å². The van der Waals surface area contributed by atoms with Gasteiger partial charge in [-0.15, -0.1) is 0 Å². The minimum Gasteiger partial charge on any atom is -0.463 e. The van der Waals surface area contributed by atoms with Crippen molar-refractivity contribution in [3.05, 3.63) is 83.3 Å². The van der Waals surface area contributed by atoms with E-state index in [1.54, 1.807) is 6.08 Å². The Kier molecular flexibility index (Phi) is 4.97. The molecule has 0 radical (unpaired) electrons. The largest absolute Gasteiger partial charge is 0.463 e. The Hall–Kier alpha value is -3.01.